The third-order valence-electron chi connectivity index (χ3n) is 3.53. The molecule has 0 saturated heterocycles. The molecule has 2 atom stereocenters. The summed E-state index contributed by atoms with van der Waals surface area (Å²) in [5, 5.41) is 19.8. The van der Waals surface area contributed by atoms with Crippen LogP contribution in [-0.4, -0.2) is 34.7 Å². The van der Waals surface area contributed by atoms with Crippen LogP contribution in [0.15, 0.2) is 24.3 Å². The van der Waals surface area contributed by atoms with E-state index in [2.05, 4.69) is 0 Å². The van der Waals surface area contributed by atoms with Gasteiger partial charge in [-0.05, 0) is 25.3 Å². The molecule has 0 amide bonds. The van der Waals surface area contributed by atoms with Gasteiger partial charge in [0.15, 0.2) is 5.78 Å². The van der Waals surface area contributed by atoms with Gasteiger partial charge in [-0.3, -0.25) is 9.59 Å². The van der Waals surface area contributed by atoms with E-state index in [0.717, 1.165) is 12.8 Å². The highest BCUT2D eigenvalue weighted by molar-refractivity contribution is 5.99. The van der Waals surface area contributed by atoms with Gasteiger partial charge in [0.25, 0.3) is 0 Å². The van der Waals surface area contributed by atoms with E-state index in [1.807, 2.05) is 0 Å². The van der Waals surface area contributed by atoms with E-state index in [1.165, 1.54) is 0 Å². The number of aliphatic hydroxyl groups is 2. The third kappa shape index (κ3) is 4.12. The van der Waals surface area contributed by atoms with Crippen molar-refractivity contribution in [2.45, 2.75) is 38.4 Å². The van der Waals surface area contributed by atoms with Gasteiger partial charge in [0, 0.05) is 11.5 Å². The topological polar surface area (TPSA) is 83.8 Å². The number of hydrogen-bond acceptors (Lipinski definition) is 5. The Bertz CT molecular complexity index is 504. The molecule has 5 nitrogen and oxygen atoms in total. The largest absolute Gasteiger partial charge is 0.466 e. The molecule has 1 aliphatic rings. The number of aliphatic hydroxyl groups excluding tert-OH is 2. The van der Waals surface area contributed by atoms with Crippen molar-refractivity contribution in [3.63, 3.8) is 0 Å². The molecule has 2 unspecified atom stereocenters. The van der Waals surface area contributed by atoms with Gasteiger partial charge in [-0.2, -0.15) is 0 Å². The van der Waals surface area contributed by atoms with Gasteiger partial charge in [-0.1, -0.05) is 24.3 Å². The Morgan fingerprint density at radius 1 is 1.24 bits per heavy atom. The first-order valence-electron chi connectivity index (χ1n) is 7.18. The van der Waals surface area contributed by atoms with Gasteiger partial charge in [0.1, 0.15) is 6.10 Å². The van der Waals surface area contributed by atoms with E-state index in [-0.39, 0.29) is 24.7 Å². The van der Waals surface area contributed by atoms with E-state index < -0.39 is 18.2 Å². The molecule has 2 rings (SSSR count). The Balaban J connectivity index is 1.96. The van der Waals surface area contributed by atoms with Crippen molar-refractivity contribution >= 4 is 11.8 Å². The summed E-state index contributed by atoms with van der Waals surface area (Å²) in [6.45, 7) is 1.91. The van der Waals surface area contributed by atoms with Gasteiger partial charge in [0.2, 0.25) is 0 Å². The zero-order valence-corrected chi connectivity index (χ0v) is 12.0. The fraction of sp³-hybridized carbons (Fsp3) is 0.500. The first-order chi connectivity index (χ1) is 10.0. The van der Waals surface area contributed by atoms with Crippen LogP contribution in [0.25, 0.3) is 0 Å². The number of ether oxygens (including phenoxy) is 1. The minimum atomic E-state index is -1.23. The smallest absolute Gasteiger partial charge is 0.308 e. The van der Waals surface area contributed by atoms with E-state index in [4.69, 9.17) is 4.74 Å². The van der Waals surface area contributed by atoms with E-state index in [9.17, 15) is 19.8 Å². The van der Waals surface area contributed by atoms with Crippen LogP contribution in [0.1, 0.15) is 48.2 Å². The van der Waals surface area contributed by atoms with Crippen LogP contribution in [0, 0.1) is 5.92 Å². The number of benzene rings is 1. The highest BCUT2D eigenvalue weighted by Gasteiger charge is 2.30. The van der Waals surface area contributed by atoms with E-state index >= 15 is 0 Å². The van der Waals surface area contributed by atoms with Crippen LogP contribution in [0.3, 0.4) is 0 Å². The molecular formula is C16H20O5. The molecule has 1 aromatic carbocycles. The predicted molar refractivity (Wildman–Crippen MR) is 75.7 cm³/mol. The molecule has 1 aliphatic carbocycles. The van der Waals surface area contributed by atoms with Gasteiger partial charge in [-0.15, -0.1) is 0 Å². The number of carbonyl (C=O) groups is 2. The summed E-state index contributed by atoms with van der Waals surface area (Å²) in [6.07, 6.45) is -0.783. The fourth-order valence-electron chi connectivity index (χ4n) is 2.15. The van der Waals surface area contributed by atoms with Crippen molar-refractivity contribution in [3.8, 4) is 0 Å². The lowest BCUT2D eigenvalue weighted by Gasteiger charge is -2.17. The number of esters is 1. The minimum Gasteiger partial charge on any atom is -0.466 e. The third-order valence-corrected chi connectivity index (χ3v) is 3.53. The fourth-order valence-corrected chi connectivity index (χ4v) is 2.15. The Kier molecular flexibility index (Phi) is 5.09. The summed E-state index contributed by atoms with van der Waals surface area (Å²) < 4.78 is 4.73. The summed E-state index contributed by atoms with van der Waals surface area (Å²) >= 11 is 0. The first kappa shape index (κ1) is 15.7. The molecule has 2 N–H and O–H groups in total. The minimum absolute atomic E-state index is 0.128. The molecule has 1 aromatic rings. The van der Waals surface area contributed by atoms with Gasteiger partial charge >= 0.3 is 5.97 Å². The molecule has 5 heteroatoms. The second-order valence-corrected chi connectivity index (χ2v) is 5.28. The Labute approximate surface area is 123 Å². The molecular weight excluding hydrogens is 272 g/mol. The van der Waals surface area contributed by atoms with Crippen molar-refractivity contribution in [2.75, 3.05) is 6.61 Å². The van der Waals surface area contributed by atoms with Crippen LogP contribution >= 0.6 is 0 Å². The Morgan fingerprint density at radius 2 is 1.86 bits per heavy atom. The summed E-state index contributed by atoms with van der Waals surface area (Å²) in [5.41, 5.74) is 1.09. The lowest BCUT2D eigenvalue weighted by atomic mass is 9.99. The zero-order valence-electron chi connectivity index (χ0n) is 12.0. The first-order valence-corrected chi connectivity index (χ1v) is 7.18. The normalized spacial score (nSPS) is 17.1. The monoisotopic (exact) mass is 292 g/mol. The summed E-state index contributed by atoms with van der Waals surface area (Å²) in [4.78, 5) is 23.1. The van der Waals surface area contributed by atoms with Crippen molar-refractivity contribution in [1.29, 1.82) is 0 Å². The van der Waals surface area contributed by atoms with E-state index in [1.54, 1.807) is 31.2 Å². The number of carbonyl (C=O) groups excluding carboxylic acids is 2. The van der Waals surface area contributed by atoms with Gasteiger partial charge in [0.05, 0.1) is 19.1 Å². The standard InChI is InChI=1S/C16H20O5/c1-2-21-14(18)9-13(17)16(20)12-7-5-11(6-8-12)15(19)10-3-4-10/h5-8,10,13,16-17,20H,2-4,9H2,1H3. The number of rotatable bonds is 7. The maximum absolute atomic E-state index is 11.9. The van der Waals surface area contributed by atoms with Crippen LogP contribution in [-0.2, 0) is 9.53 Å². The van der Waals surface area contributed by atoms with Crippen LogP contribution in [0.5, 0.6) is 0 Å². The van der Waals surface area contributed by atoms with Gasteiger partial charge < -0.3 is 14.9 Å². The summed E-state index contributed by atoms with van der Waals surface area (Å²) in [6, 6.07) is 6.51. The number of hydrogen-bond donors (Lipinski definition) is 2. The maximum Gasteiger partial charge on any atom is 0.308 e. The predicted octanol–water partition coefficient (Wildman–Crippen LogP) is 1.63. The second-order valence-electron chi connectivity index (χ2n) is 5.28. The van der Waals surface area contributed by atoms with Gasteiger partial charge in [-0.25, -0.2) is 0 Å². The lowest BCUT2D eigenvalue weighted by Crippen LogP contribution is -2.23. The second kappa shape index (κ2) is 6.83. The molecule has 0 spiro atoms. The van der Waals surface area contributed by atoms with Crippen LogP contribution in [0.2, 0.25) is 0 Å². The number of Topliss-reactive ketones (excluding diaryl/α,β-unsaturated/α-hetero) is 1. The molecule has 0 radical (unpaired) electrons. The van der Waals surface area contributed by atoms with Crippen LogP contribution in [0.4, 0.5) is 0 Å². The van der Waals surface area contributed by atoms with Crippen molar-refractivity contribution in [3.05, 3.63) is 35.4 Å². The summed E-state index contributed by atoms with van der Waals surface area (Å²) in [5.74, 6) is -0.275. The maximum atomic E-state index is 11.9. The highest BCUT2D eigenvalue weighted by atomic mass is 16.5. The molecule has 0 aromatic heterocycles. The van der Waals surface area contributed by atoms with Crippen molar-refractivity contribution in [1.82, 2.24) is 0 Å². The molecule has 0 aliphatic heterocycles. The highest BCUT2D eigenvalue weighted by Crippen LogP contribution is 2.32. The molecule has 0 bridgehead atoms. The average Bonchev–Trinajstić information content (AvgIpc) is 3.30. The average molecular weight is 292 g/mol. The lowest BCUT2D eigenvalue weighted by molar-refractivity contribution is -0.147. The Morgan fingerprint density at radius 3 is 2.38 bits per heavy atom. The number of ketones is 1. The molecule has 21 heavy (non-hydrogen) atoms. The van der Waals surface area contributed by atoms with Crippen LogP contribution < -0.4 is 0 Å². The quantitative estimate of drug-likeness (QED) is 0.589. The zero-order chi connectivity index (χ0) is 15.4. The van der Waals surface area contributed by atoms with E-state index in [0.29, 0.717) is 11.1 Å². The summed E-state index contributed by atoms with van der Waals surface area (Å²) in [7, 11) is 0. The molecule has 1 fully saturated rings. The SMILES string of the molecule is CCOC(=O)CC(O)C(O)c1ccc(C(=O)C2CC2)cc1. The Hall–Kier alpha value is -1.72. The molecule has 0 heterocycles. The molecule has 1 saturated carbocycles. The van der Waals surface area contributed by atoms with Crippen molar-refractivity contribution in [2.24, 2.45) is 5.92 Å². The molecule has 114 valence electrons. The van der Waals surface area contributed by atoms with Crippen molar-refractivity contribution < 1.29 is 24.5 Å².